The Morgan fingerprint density at radius 2 is 2.10 bits per heavy atom. The molecule has 4 rings (SSSR count). The molecule has 0 saturated heterocycles. The average Bonchev–Trinajstić information content (AvgIpc) is 3.38. The van der Waals surface area contributed by atoms with E-state index in [1.54, 1.807) is 41.1 Å². The molecular formula is C20H16Cl2N4O2S. The molecule has 6 nitrogen and oxygen atoms in total. The third kappa shape index (κ3) is 4.22. The first-order valence-corrected chi connectivity index (χ1v) is 10.3. The maximum Gasteiger partial charge on any atom is 0.261 e. The molecule has 2 aromatic carbocycles. The van der Waals surface area contributed by atoms with Crippen LogP contribution in [-0.4, -0.2) is 34.3 Å². The van der Waals surface area contributed by atoms with Gasteiger partial charge in [-0.3, -0.25) is 14.4 Å². The Kier molecular flexibility index (Phi) is 5.71. The fraction of sp³-hybridized carbons (Fsp3) is 0.150. The van der Waals surface area contributed by atoms with Crippen LogP contribution in [0, 0.1) is 0 Å². The maximum absolute atomic E-state index is 13.4. The molecule has 9 heteroatoms. The number of benzene rings is 2. The second-order valence-corrected chi connectivity index (χ2v) is 8.03. The van der Waals surface area contributed by atoms with Gasteiger partial charge in [-0.05, 0) is 42.5 Å². The lowest BCUT2D eigenvalue weighted by atomic mass is 10.2. The largest absolute Gasteiger partial charge is 0.497 e. The van der Waals surface area contributed by atoms with Crippen molar-refractivity contribution < 1.29 is 9.53 Å². The monoisotopic (exact) mass is 446 g/mol. The predicted octanol–water partition coefficient (Wildman–Crippen LogP) is 5.16. The number of nitrogens with zero attached hydrogens (tertiary/aromatic N) is 4. The van der Waals surface area contributed by atoms with Crippen LogP contribution in [-0.2, 0) is 6.54 Å². The van der Waals surface area contributed by atoms with Crippen molar-refractivity contribution in [3.8, 4) is 5.75 Å². The highest BCUT2D eigenvalue weighted by Gasteiger charge is 2.23. The Hall–Kier alpha value is -2.61. The predicted molar refractivity (Wildman–Crippen MR) is 117 cm³/mol. The van der Waals surface area contributed by atoms with Gasteiger partial charge in [0.2, 0.25) is 0 Å². The van der Waals surface area contributed by atoms with Crippen LogP contribution in [0.5, 0.6) is 5.75 Å². The Bertz CT molecular complexity index is 1160. The third-order valence-electron chi connectivity index (χ3n) is 4.33. The summed E-state index contributed by atoms with van der Waals surface area (Å²) in [5.41, 5.74) is 1.12. The number of fused-ring (bicyclic) bond motifs is 1. The summed E-state index contributed by atoms with van der Waals surface area (Å²) in [6.07, 6.45) is 3.54. The Labute approximate surface area is 181 Å². The number of anilines is 1. The van der Waals surface area contributed by atoms with Gasteiger partial charge in [-0.2, -0.15) is 5.10 Å². The highest BCUT2D eigenvalue weighted by atomic mass is 35.5. The summed E-state index contributed by atoms with van der Waals surface area (Å²) >= 11 is 13.8. The molecular weight excluding hydrogens is 431 g/mol. The van der Waals surface area contributed by atoms with Crippen molar-refractivity contribution >= 4 is 55.8 Å². The van der Waals surface area contributed by atoms with Crippen molar-refractivity contribution in [2.75, 3.05) is 18.6 Å². The van der Waals surface area contributed by atoms with E-state index in [1.165, 1.54) is 11.3 Å². The standard InChI is InChI=1S/C20H16Cl2N4O2S/c1-28-14-4-6-17-18(12-14)29-20(24-17)26(10-9-25-8-2-7-23-25)19(27)15-11-13(21)3-5-16(15)22/h2-8,11-12H,9-10H2,1H3. The first kappa shape index (κ1) is 19.7. The third-order valence-corrected chi connectivity index (χ3v) is 5.94. The molecule has 1 amide bonds. The zero-order chi connectivity index (χ0) is 20.4. The Balaban J connectivity index is 1.73. The van der Waals surface area contributed by atoms with Gasteiger partial charge in [0.15, 0.2) is 5.13 Å². The quantitative estimate of drug-likeness (QED) is 0.410. The lowest BCUT2D eigenvalue weighted by Gasteiger charge is -2.20. The molecule has 0 radical (unpaired) electrons. The van der Waals surface area contributed by atoms with Crippen LogP contribution in [0.15, 0.2) is 54.9 Å². The molecule has 0 atom stereocenters. The molecule has 0 fully saturated rings. The van der Waals surface area contributed by atoms with Crippen LogP contribution >= 0.6 is 34.5 Å². The van der Waals surface area contributed by atoms with E-state index in [0.717, 1.165) is 16.0 Å². The molecule has 0 unspecified atom stereocenters. The number of carbonyl (C=O) groups is 1. The number of hydrogen-bond donors (Lipinski definition) is 0. The smallest absolute Gasteiger partial charge is 0.261 e. The summed E-state index contributed by atoms with van der Waals surface area (Å²) < 4.78 is 7.97. The molecule has 0 aliphatic carbocycles. The molecule has 4 aromatic rings. The summed E-state index contributed by atoms with van der Waals surface area (Å²) in [6, 6.07) is 12.3. The van der Waals surface area contributed by atoms with Crippen LogP contribution in [0.3, 0.4) is 0 Å². The van der Waals surface area contributed by atoms with E-state index in [0.29, 0.717) is 33.8 Å². The molecule has 0 saturated carbocycles. The fourth-order valence-corrected chi connectivity index (χ4v) is 4.25. The maximum atomic E-state index is 13.4. The average molecular weight is 447 g/mol. The highest BCUT2D eigenvalue weighted by Crippen LogP contribution is 2.33. The van der Waals surface area contributed by atoms with Gasteiger partial charge >= 0.3 is 0 Å². The Morgan fingerprint density at radius 1 is 1.24 bits per heavy atom. The number of aromatic nitrogens is 3. The van der Waals surface area contributed by atoms with Crippen molar-refractivity contribution in [2.24, 2.45) is 0 Å². The molecule has 0 aliphatic heterocycles. The summed E-state index contributed by atoms with van der Waals surface area (Å²) in [6.45, 7) is 0.885. The van der Waals surface area contributed by atoms with E-state index in [1.807, 2.05) is 30.5 Å². The number of hydrogen-bond acceptors (Lipinski definition) is 5. The van der Waals surface area contributed by atoms with Crippen molar-refractivity contribution in [3.63, 3.8) is 0 Å². The van der Waals surface area contributed by atoms with Crippen molar-refractivity contribution in [3.05, 3.63) is 70.5 Å². The van der Waals surface area contributed by atoms with Crippen molar-refractivity contribution in [1.82, 2.24) is 14.8 Å². The fourth-order valence-electron chi connectivity index (χ4n) is 2.86. The minimum Gasteiger partial charge on any atom is -0.497 e. The van der Waals surface area contributed by atoms with Crippen molar-refractivity contribution in [1.29, 1.82) is 0 Å². The molecule has 2 aromatic heterocycles. The van der Waals surface area contributed by atoms with E-state index in [2.05, 4.69) is 10.1 Å². The van der Waals surface area contributed by atoms with Crippen LogP contribution < -0.4 is 9.64 Å². The normalized spacial score (nSPS) is 11.0. The van der Waals surface area contributed by atoms with E-state index in [9.17, 15) is 4.79 Å². The van der Waals surface area contributed by atoms with Crippen molar-refractivity contribution in [2.45, 2.75) is 6.54 Å². The van der Waals surface area contributed by atoms with E-state index >= 15 is 0 Å². The van der Waals surface area contributed by atoms with Crippen LogP contribution in [0.1, 0.15) is 10.4 Å². The molecule has 29 heavy (non-hydrogen) atoms. The van der Waals surface area contributed by atoms with Gasteiger partial charge in [-0.15, -0.1) is 0 Å². The minimum atomic E-state index is -0.268. The van der Waals surface area contributed by atoms with Gasteiger partial charge in [-0.25, -0.2) is 4.98 Å². The summed E-state index contributed by atoms with van der Waals surface area (Å²) in [7, 11) is 1.62. The zero-order valence-corrected chi connectivity index (χ0v) is 17.7. The molecule has 0 N–H and O–H groups in total. The lowest BCUT2D eigenvalue weighted by molar-refractivity contribution is 0.0986. The molecule has 0 spiro atoms. The molecule has 0 aliphatic rings. The molecule has 148 valence electrons. The van der Waals surface area contributed by atoms with Gasteiger partial charge in [0, 0.05) is 24.0 Å². The van der Waals surface area contributed by atoms with Gasteiger partial charge in [-0.1, -0.05) is 34.5 Å². The molecule has 2 heterocycles. The van der Waals surface area contributed by atoms with E-state index < -0.39 is 0 Å². The van der Waals surface area contributed by atoms with E-state index in [4.69, 9.17) is 27.9 Å². The minimum absolute atomic E-state index is 0.268. The number of amides is 1. The van der Waals surface area contributed by atoms with Crippen LogP contribution in [0.4, 0.5) is 5.13 Å². The Morgan fingerprint density at radius 3 is 2.86 bits per heavy atom. The second-order valence-electron chi connectivity index (χ2n) is 6.18. The summed E-state index contributed by atoms with van der Waals surface area (Å²) in [4.78, 5) is 19.6. The molecule has 0 bridgehead atoms. The van der Waals surface area contributed by atoms with Gasteiger partial charge in [0.25, 0.3) is 5.91 Å². The number of carbonyl (C=O) groups excluding carboxylic acids is 1. The zero-order valence-electron chi connectivity index (χ0n) is 15.4. The number of thiazole rings is 1. The highest BCUT2D eigenvalue weighted by molar-refractivity contribution is 7.22. The number of ether oxygens (including phenoxy) is 1. The number of halogens is 2. The lowest BCUT2D eigenvalue weighted by Crippen LogP contribution is -2.34. The van der Waals surface area contributed by atoms with Crippen LogP contribution in [0.2, 0.25) is 10.0 Å². The van der Waals surface area contributed by atoms with Crippen LogP contribution in [0.25, 0.3) is 10.2 Å². The van der Waals surface area contributed by atoms with E-state index in [-0.39, 0.29) is 5.91 Å². The summed E-state index contributed by atoms with van der Waals surface area (Å²) in [5, 5.41) is 5.56. The van der Waals surface area contributed by atoms with Gasteiger partial charge in [0.1, 0.15) is 5.75 Å². The summed E-state index contributed by atoms with van der Waals surface area (Å²) in [5.74, 6) is 0.468. The van der Waals surface area contributed by atoms with Gasteiger partial charge < -0.3 is 4.74 Å². The first-order valence-electron chi connectivity index (χ1n) is 8.74. The second kappa shape index (κ2) is 8.41. The number of methoxy groups -OCH3 is 1. The SMILES string of the molecule is COc1ccc2nc(N(CCn3cccn3)C(=O)c3cc(Cl)ccc3Cl)sc2c1. The first-order chi connectivity index (χ1) is 14.0. The topological polar surface area (TPSA) is 60.2 Å². The van der Waals surface area contributed by atoms with Gasteiger partial charge in [0.05, 0.1) is 34.5 Å². The number of rotatable bonds is 6.